The first-order valence-corrected chi connectivity index (χ1v) is 7.79. The van der Waals surface area contributed by atoms with E-state index in [0.29, 0.717) is 23.8 Å². The summed E-state index contributed by atoms with van der Waals surface area (Å²) in [5, 5.41) is 0. The van der Waals surface area contributed by atoms with Gasteiger partial charge in [-0.1, -0.05) is 20.3 Å². The first-order chi connectivity index (χ1) is 8.94. The molecule has 0 spiro atoms. The van der Waals surface area contributed by atoms with Gasteiger partial charge in [0.1, 0.15) is 5.75 Å². The molecule has 0 aliphatic carbocycles. The maximum absolute atomic E-state index is 12.1. The second-order valence-corrected chi connectivity index (χ2v) is 6.31. The highest BCUT2D eigenvalue weighted by Crippen LogP contribution is 2.22. The Morgan fingerprint density at radius 3 is 2.63 bits per heavy atom. The fourth-order valence-electron chi connectivity index (χ4n) is 1.56. The summed E-state index contributed by atoms with van der Waals surface area (Å²) in [6.45, 7) is 4.70. The molecule has 6 heteroatoms. The molecule has 0 heterocycles. The van der Waals surface area contributed by atoms with Crippen molar-refractivity contribution in [2.24, 2.45) is 11.7 Å². The number of methoxy groups -OCH3 is 1. The number of hydrogen-bond acceptors (Lipinski definition) is 4. The predicted molar refractivity (Wildman–Crippen MR) is 75.5 cm³/mol. The van der Waals surface area contributed by atoms with Crippen molar-refractivity contribution in [3.05, 3.63) is 23.8 Å². The van der Waals surface area contributed by atoms with Crippen molar-refractivity contribution in [2.45, 2.75) is 31.7 Å². The van der Waals surface area contributed by atoms with Gasteiger partial charge in [0.2, 0.25) is 10.0 Å². The Morgan fingerprint density at radius 2 is 2.11 bits per heavy atom. The van der Waals surface area contributed by atoms with Crippen LogP contribution in [0.4, 0.5) is 0 Å². The molecule has 1 atom stereocenters. The standard InChI is InChI=1S/C13H22N2O3S/c1-4-10(2)9-15-19(16,17)12-5-6-13(18-3)11(7-12)8-14/h5-7,10,15H,4,8-9,14H2,1-3H3. The molecule has 0 aliphatic rings. The zero-order valence-corrected chi connectivity index (χ0v) is 12.5. The summed E-state index contributed by atoms with van der Waals surface area (Å²) in [6.07, 6.45) is 0.930. The lowest BCUT2D eigenvalue weighted by Gasteiger charge is -2.13. The molecule has 0 fully saturated rings. The van der Waals surface area contributed by atoms with Crippen molar-refractivity contribution in [2.75, 3.05) is 13.7 Å². The zero-order valence-electron chi connectivity index (χ0n) is 11.6. The Balaban J connectivity index is 2.95. The lowest BCUT2D eigenvalue weighted by Crippen LogP contribution is -2.28. The van der Waals surface area contributed by atoms with Gasteiger partial charge in [0.15, 0.2) is 0 Å². The molecule has 0 bridgehead atoms. The van der Waals surface area contributed by atoms with E-state index >= 15 is 0 Å². The SMILES string of the molecule is CCC(C)CNS(=O)(=O)c1ccc(OC)c(CN)c1. The van der Waals surface area contributed by atoms with Crippen LogP contribution in [0.5, 0.6) is 5.75 Å². The van der Waals surface area contributed by atoms with Crippen LogP contribution in [0.25, 0.3) is 0 Å². The van der Waals surface area contributed by atoms with Crippen LogP contribution in [-0.4, -0.2) is 22.1 Å². The summed E-state index contributed by atoms with van der Waals surface area (Å²) in [5.41, 5.74) is 6.26. The van der Waals surface area contributed by atoms with Crippen LogP contribution >= 0.6 is 0 Å². The van der Waals surface area contributed by atoms with Gasteiger partial charge in [0, 0.05) is 18.7 Å². The summed E-state index contributed by atoms with van der Waals surface area (Å²) in [5.74, 6) is 0.908. The van der Waals surface area contributed by atoms with Crippen molar-refractivity contribution in [3.8, 4) is 5.75 Å². The maximum atomic E-state index is 12.1. The van der Waals surface area contributed by atoms with E-state index in [1.165, 1.54) is 13.2 Å². The number of nitrogens with two attached hydrogens (primary N) is 1. The fourth-order valence-corrected chi connectivity index (χ4v) is 2.78. The van der Waals surface area contributed by atoms with E-state index in [4.69, 9.17) is 10.5 Å². The van der Waals surface area contributed by atoms with Gasteiger partial charge < -0.3 is 10.5 Å². The molecule has 1 unspecified atom stereocenters. The first kappa shape index (κ1) is 15.9. The van der Waals surface area contributed by atoms with E-state index < -0.39 is 10.0 Å². The second-order valence-electron chi connectivity index (χ2n) is 4.54. The van der Waals surface area contributed by atoms with Crippen LogP contribution in [0.1, 0.15) is 25.8 Å². The molecule has 0 radical (unpaired) electrons. The number of sulfonamides is 1. The number of benzene rings is 1. The minimum Gasteiger partial charge on any atom is -0.496 e. The number of rotatable bonds is 7. The molecule has 1 rings (SSSR count). The molecule has 0 saturated carbocycles. The first-order valence-electron chi connectivity index (χ1n) is 6.31. The van der Waals surface area contributed by atoms with Gasteiger partial charge >= 0.3 is 0 Å². The number of nitrogens with one attached hydrogen (secondary N) is 1. The van der Waals surface area contributed by atoms with Gasteiger partial charge in [-0.3, -0.25) is 0 Å². The summed E-state index contributed by atoms with van der Waals surface area (Å²) >= 11 is 0. The van der Waals surface area contributed by atoms with Gasteiger partial charge in [0.05, 0.1) is 12.0 Å². The van der Waals surface area contributed by atoms with Crippen molar-refractivity contribution < 1.29 is 13.2 Å². The van der Waals surface area contributed by atoms with E-state index in [0.717, 1.165) is 6.42 Å². The molecule has 1 aromatic carbocycles. The largest absolute Gasteiger partial charge is 0.496 e. The van der Waals surface area contributed by atoms with Crippen LogP contribution in [-0.2, 0) is 16.6 Å². The highest BCUT2D eigenvalue weighted by Gasteiger charge is 2.16. The minimum atomic E-state index is -3.48. The van der Waals surface area contributed by atoms with E-state index in [1.54, 1.807) is 12.1 Å². The highest BCUT2D eigenvalue weighted by atomic mass is 32.2. The van der Waals surface area contributed by atoms with Crippen LogP contribution in [0, 0.1) is 5.92 Å². The summed E-state index contributed by atoms with van der Waals surface area (Å²) < 4.78 is 32.0. The van der Waals surface area contributed by atoms with Crippen LogP contribution in [0.15, 0.2) is 23.1 Å². The summed E-state index contributed by atoms with van der Waals surface area (Å²) in [6, 6.07) is 4.70. The molecule has 0 aromatic heterocycles. The number of ether oxygens (including phenoxy) is 1. The third kappa shape index (κ3) is 4.19. The Labute approximate surface area is 115 Å². The third-order valence-corrected chi connectivity index (χ3v) is 4.52. The van der Waals surface area contributed by atoms with Crippen LogP contribution in [0.3, 0.4) is 0 Å². The second kappa shape index (κ2) is 6.88. The van der Waals surface area contributed by atoms with Gasteiger partial charge in [-0.25, -0.2) is 13.1 Å². The lowest BCUT2D eigenvalue weighted by molar-refractivity contribution is 0.409. The van der Waals surface area contributed by atoms with E-state index in [2.05, 4.69) is 4.72 Å². The molecular weight excluding hydrogens is 264 g/mol. The summed E-state index contributed by atoms with van der Waals surface area (Å²) in [4.78, 5) is 0.219. The zero-order chi connectivity index (χ0) is 14.5. The van der Waals surface area contributed by atoms with Crippen molar-refractivity contribution in [1.29, 1.82) is 0 Å². The Morgan fingerprint density at radius 1 is 1.42 bits per heavy atom. The number of hydrogen-bond donors (Lipinski definition) is 2. The molecule has 108 valence electrons. The monoisotopic (exact) mass is 286 g/mol. The van der Waals surface area contributed by atoms with Gasteiger partial charge in [-0.2, -0.15) is 0 Å². The predicted octanol–water partition coefficient (Wildman–Crippen LogP) is 1.48. The smallest absolute Gasteiger partial charge is 0.240 e. The maximum Gasteiger partial charge on any atom is 0.240 e. The quantitative estimate of drug-likeness (QED) is 0.795. The van der Waals surface area contributed by atoms with E-state index in [1.807, 2.05) is 13.8 Å². The van der Waals surface area contributed by atoms with E-state index in [-0.39, 0.29) is 11.4 Å². The Hall–Kier alpha value is -1.11. The third-order valence-electron chi connectivity index (χ3n) is 3.10. The van der Waals surface area contributed by atoms with Crippen LogP contribution in [0.2, 0.25) is 0 Å². The molecule has 0 saturated heterocycles. The van der Waals surface area contributed by atoms with Crippen molar-refractivity contribution in [3.63, 3.8) is 0 Å². The fraction of sp³-hybridized carbons (Fsp3) is 0.538. The van der Waals surface area contributed by atoms with Gasteiger partial charge in [-0.05, 0) is 24.1 Å². The molecule has 5 nitrogen and oxygen atoms in total. The molecule has 0 aliphatic heterocycles. The van der Waals surface area contributed by atoms with Gasteiger partial charge in [-0.15, -0.1) is 0 Å². The van der Waals surface area contributed by atoms with Crippen molar-refractivity contribution >= 4 is 10.0 Å². The average Bonchev–Trinajstić information content (AvgIpc) is 2.43. The van der Waals surface area contributed by atoms with E-state index in [9.17, 15) is 8.42 Å². The normalized spacial score (nSPS) is 13.3. The Bertz CT molecular complexity index is 515. The lowest BCUT2D eigenvalue weighted by atomic mass is 10.1. The minimum absolute atomic E-state index is 0.219. The topological polar surface area (TPSA) is 81.4 Å². The van der Waals surface area contributed by atoms with Gasteiger partial charge in [0.25, 0.3) is 0 Å². The molecule has 1 aromatic rings. The molecule has 3 N–H and O–H groups in total. The molecular formula is C13H22N2O3S. The highest BCUT2D eigenvalue weighted by molar-refractivity contribution is 7.89. The van der Waals surface area contributed by atoms with Crippen molar-refractivity contribution in [1.82, 2.24) is 4.72 Å². The average molecular weight is 286 g/mol. The molecule has 0 amide bonds. The van der Waals surface area contributed by atoms with Crippen LogP contribution < -0.4 is 15.2 Å². The summed E-state index contributed by atoms with van der Waals surface area (Å²) in [7, 11) is -1.95. The molecule has 19 heavy (non-hydrogen) atoms. The Kier molecular flexibility index (Phi) is 5.78.